The largest absolute Gasteiger partial charge is 0.497 e. The summed E-state index contributed by atoms with van der Waals surface area (Å²) in [4.78, 5) is 22.8. The molecule has 3 aromatic rings. The van der Waals surface area contributed by atoms with Gasteiger partial charge in [0.25, 0.3) is 0 Å². The molecule has 1 aromatic carbocycles. The normalized spacial score (nSPS) is 19.3. The van der Waals surface area contributed by atoms with Crippen LogP contribution in [0, 0.1) is 11.8 Å². The molecule has 4 rings (SSSR count). The van der Waals surface area contributed by atoms with E-state index in [1.54, 1.807) is 31.3 Å². The number of hydrogen-bond donors (Lipinski definition) is 2. The molecule has 1 aliphatic heterocycles. The van der Waals surface area contributed by atoms with Gasteiger partial charge >= 0.3 is 5.97 Å². The van der Waals surface area contributed by atoms with Gasteiger partial charge in [0, 0.05) is 49.1 Å². The fourth-order valence-corrected chi connectivity index (χ4v) is 6.28. The first-order valence-electron chi connectivity index (χ1n) is 12.3. The number of fused-ring (bicyclic) bond motifs is 1. The second-order valence-electron chi connectivity index (χ2n) is 9.31. The van der Waals surface area contributed by atoms with Gasteiger partial charge in [-0.1, -0.05) is 17.7 Å². The predicted molar refractivity (Wildman–Crippen MR) is 145 cm³/mol. The number of aromatic nitrogens is 2. The van der Waals surface area contributed by atoms with Crippen LogP contribution in [0.1, 0.15) is 37.3 Å². The van der Waals surface area contributed by atoms with Crippen molar-refractivity contribution in [2.24, 2.45) is 17.6 Å². The summed E-state index contributed by atoms with van der Waals surface area (Å²) in [6.07, 6.45) is 6.20. The SMILES string of the molecule is COc1ccc2ncc(Cl)c(C(N)CCC3CCN(CCSc4ccccn4)CC3CC(=O)O)c2c1. The Hall–Kier alpha value is -2.39. The van der Waals surface area contributed by atoms with Crippen molar-refractivity contribution in [3.63, 3.8) is 0 Å². The van der Waals surface area contributed by atoms with Crippen LogP contribution < -0.4 is 10.5 Å². The first kappa shape index (κ1) is 26.7. The minimum absolute atomic E-state index is 0.105. The zero-order valence-electron chi connectivity index (χ0n) is 20.5. The number of carbonyl (C=O) groups is 1. The lowest BCUT2D eigenvalue weighted by atomic mass is 9.79. The summed E-state index contributed by atoms with van der Waals surface area (Å²) in [7, 11) is 1.63. The van der Waals surface area contributed by atoms with Crippen LogP contribution in [0.4, 0.5) is 0 Å². The molecule has 0 radical (unpaired) electrons. The van der Waals surface area contributed by atoms with Crippen molar-refractivity contribution < 1.29 is 14.6 Å². The van der Waals surface area contributed by atoms with Crippen LogP contribution in [0.15, 0.2) is 53.8 Å². The molecule has 1 fully saturated rings. The van der Waals surface area contributed by atoms with Crippen molar-refractivity contribution in [3.05, 3.63) is 59.4 Å². The zero-order chi connectivity index (χ0) is 25.5. The number of halogens is 1. The Labute approximate surface area is 221 Å². The van der Waals surface area contributed by atoms with Crippen molar-refractivity contribution in [3.8, 4) is 5.75 Å². The lowest BCUT2D eigenvalue weighted by Crippen LogP contribution is -2.42. The average molecular weight is 529 g/mol. The van der Waals surface area contributed by atoms with E-state index in [0.717, 1.165) is 71.9 Å². The minimum Gasteiger partial charge on any atom is -0.497 e. The summed E-state index contributed by atoms with van der Waals surface area (Å²) >= 11 is 8.28. The van der Waals surface area contributed by atoms with Gasteiger partial charge < -0.3 is 20.5 Å². The smallest absolute Gasteiger partial charge is 0.303 e. The molecule has 0 aliphatic carbocycles. The third kappa shape index (κ3) is 6.88. The van der Waals surface area contributed by atoms with Crippen molar-refractivity contribution in [1.82, 2.24) is 14.9 Å². The van der Waals surface area contributed by atoms with Gasteiger partial charge in [-0.2, -0.15) is 0 Å². The molecule has 2 aromatic heterocycles. The fourth-order valence-electron chi connectivity index (χ4n) is 5.12. The minimum atomic E-state index is -0.741. The summed E-state index contributed by atoms with van der Waals surface area (Å²) in [5, 5.41) is 12.0. The van der Waals surface area contributed by atoms with Crippen molar-refractivity contribution in [1.29, 1.82) is 0 Å². The summed E-state index contributed by atoms with van der Waals surface area (Å²) in [5.74, 6) is 1.34. The van der Waals surface area contributed by atoms with Crippen LogP contribution in [-0.2, 0) is 4.79 Å². The van der Waals surface area contributed by atoms with E-state index < -0.39 is 5.97 Å². The van der Waals surface area contributed by atoms with Crippen LogP contribution in [0.5, 0.6) is 5.75 Å². The number of ether oxygens (including phenoxy) is 1. The quantitative estimate of drug-likeness (QED) is 0.324. The van der Waals surface area contributed by atoms with E-state index in [9.17, 15) is 9.90 Å². The number of rotatable bonds is 11. The lowest BCUT2D eigenvalue weighted by Gasteiger charge is -2.38. The molecule has 0 amide bonds. The fraction of sp³-hybridized carbons (Fsp3) is 0.444. The number of nitrogens with two attached hydrogens (primary N) is 1. The third-order valence-corrected chi connectivity index (χ3v) is 8.22. The van der Waals surface area contributed by atoms with Gasteiger partial charge in [0.2, 0.25) is 0 Å². The summed E-state index contributed by atoms with van der Waals surface area (Å²) in [6.45, 7) is 2.68. The van der Waals surface area contributed by atoms with E-state index in [-0.39, 0.29) is 18.4 Å². The van der Waals surface area contributed by atoms with Gasteiger partial charge in [0.1, 0.15) is 5.75 Å². The van der Waals surface area contributed by atoms with Gasteiger partial charge in [-0.3, -0.25) is 9.78 Å². The molecule has 7 nitrogen and oxygen atoms in total. The monoisotopic (exact) mass is 528 g/mol. The molecule has 0 saturated carbocycles. The van der Waals surface area contributed by atoms with Crippen molar-refractivity contribution in [2.75, 3.05) is 32.5 Å². The molecule has 192 valence electrons. The van der Waals surface area contributed by atoms with Crippen LogP contribution in [-0.4, -0.2) is 58.4 Å². The second-order valence-corrected chi connectivity index (χ2v) is 10.8. The molecular formula is C27H33ClN4O3S. The molecule has 3 heterocycles. The second kappa shape index (κ2) is 12.7. The van der Waals surface area contributed by atoms with Crippen molar-refractivity contribution in [2.45, 2.75) is 36.8 Å². The molecular weight excluding hydrogens is 496 g/mol. The number of pyridine rings is 2. The van der Waals surface area contributed by atoms with E-state index >= 15 is 0 Å². The summed E-state index contributed by atoms with van der Waals surface area (Å²) in [6, 6.07) is 11.4. The number of carboxylic acids is 1. The maximum Gasteiger partial charge on any atom is 0.303 e. The molecule has 3 unspecified atom stereocenters. The Morgan fingerprint density at radius 3 is 2.92 bits per heavy atom. The Morgan fingerprint density at radius 2 is 2.17 bits per heavy atom. The number of nitrogens with zero attached hydrogens (tertiary/aromatic N) is 3. The number of aliphatic carboxylic acids is 1. The van der Waals surface area contributed by atoms with Crippen LogP contribution >= 0.6 is 23.4 Å². The topological polar surface area (TPSA) is 102 Å². The average Bonchev–Trinajstić information content (AvgIpc) is 2.88. The number of carboxylic acid groups (broad SMARTS) is 1. The van der Waals surface area contributed by atoms with E-state index in [1.165, 1.54) is 0 Å². The maximum absolute atomic E-state index is 11.6. The van der Waals surface area contributed by atoms with E-state index in [1.807, 2.05) is 36.4 Å². The molecule has 0 bridgehead atoms. The predicted octanol–water partition coefficient (Wildman–Crippen LogP) is 5.28. The Kier molecular flexibility index (Phi) is 9.42. The third-order valence-electron chi connectivity index (χ3n) is 6.99. The maximum atomic E-state index is 11.6. The van der Waals surface area contributed by atoms with E-state index in [4.69, 9.17) is 22.1 Å². The van der Waals surface area contributed by atoms with Gasteiger partial charge in [-0.15, -0.1) is 11.8 Å². The number of benzene rings is 1. The first-order chi connectivity index (χ1) is 17.4. The Balaban J connectivity index is 1.38. The molecule has 3 N–H and O–H groups in total. The molecule has 1 saturated heterocycles. The Morgan fingerprint density at radius 1 is 1.31 bits per heavy atom. The molecule has 9 heteroatoms. The number of piperidine rings is 1. The van der Waals surface area contributed by atoms with Crippen LogP contribution in [0.25, 0.3) is 10.9 Å². The highest BCUT2D eigenvalue weighted by molar-refractivity contribution is 7.99. The first-order valence-corrected chi connectivity index (χ1v) is 13.7. The number of methoxy groups -OCH3 is 1. The lowest BCUT2D eigenvalue weighted by molar-refractivity contribution is -0.139. The highest BCUT2D eigenvalue weighted by Gasteiger charge is 2.31. The van der Waals surface area contributed by atoms with Crippen LogP contribution in [0.3, 0.4) is 0 Å². The number of thioether (sulfide) groups is 1. The van der Waals surface area contributed by atoms with Gasteiger partial charge in [-0.05, 0) is 73.5 Å². The number of likely N-dealkylation sites (tertiary alicyclic amines) is 1. The number of hydrogen-bond acceptors (Lipinski definition) is 7. The van der Waals surface area contributed by atoms with E-state index in [0.29, 0.717) is 10.9 Å². The summed E-state index contributed by atoms with van der Waals surface area (Å²) in [5.41, 5.74) is 8.38. The summed E-state index contributed by atoms with van der Waals surface area (Å²) < 4.78 is 5.39. The van der Waals surface area contributed by atoms with Gasteiger partial charge in [0.15, 0.2) is 0 Å². The van der Waals surface area contributed by atoms with Gasteiger partial charge in [0.05, 0.1) is 22.7 Å². The van der Waals surface area contributed by atoms with Crippen LogP contribution in [0.2, 0.25) is 5.02 Å². The van der Waals surface area contributed by atoms with E-state index in [2.05, 4.69) is 14.9 Å². The zero-order valence-corrected chi connectivity index (χ0v) is 22.0. The van der Waals surface area contributed by atoms with Crippen molar-refractivity contribution >= 4 is 40.2 Å². The molecule has 1 aliphatic rings. The standard InChI is InChI=1S/C27H33ClN4O3S/c1-35-20-6-8-24-21(15-20)27(22(28)16-31-24)23(29)7-5-18-9-11-32(17-19(18)14-26(33)34)12-13-36-25-4-2-3-10-30-25/h2-4,6,8,10,15-16,18-19,23H,5,7,9,11-14,17,29H2,1H3,(H,33,34). The van der Waals surface area contributed by atoms with Gasteiger partial charge in [-0.25, -0.2) is 4.98 Å². The Bertz CT molecular complexity index is 1170. The highest BCUT2D eigenvalue weighted by atomic mass is 35.5. The molecule has 0 spiro atoms. The molecule has 3 atom stereocenters. The molecule has 36 heavy (non-hydrogen) atoms. The highest BCUT2D eigenvalue weighted by Crippen LogP contribution is 2.36.